The van der Waals surface area contributed by atoms with Crippen LogP contribution in [0.15, 0.2) is 24.3 Å². The first-order valence-corrected chi connectivity index (χ1v) is 4.63. The zero-order chi connectivity index (χ0) is 10.2. The zero-order valence-corrected chi connectivity index (χ0v) is 8.33. The Morgan fingerprint density at radius 2 is 2.07 bits per heavy atom. The lowest BCUT2D eigenvalue weighted by Gasteiger charge is -2.18. The predicted molar refractivity (Wildman–Crippen MR) is 54.3 cm³/mol. The van der Waals surface area contributed by atoms with Crippen LogP contribution in [0.2, 0.25) is 0 Å². The maximum atomic E-state index is 11.7. The summed E-state index contributed by atoms with van der Waals surface area (Å²) >= 11 is 0. The number of benzene rings is 1. The highest BCUT2D eigenvalue weighted by Gasteiger charge is 2.31. The molecule has 1 N–H and O–H groups in total. The molecule has 0 bridgehead atoms. The lowest BCUT2D eigenvalue weighted by Crippen LogP contribution is -2.33. The van der Waals surface area contributed by atoms with Crippen molar-refractivity contribution in [2.24, 2.45) is 5.41 Å². The van der Waals surface area contributed by atoms with Crippen molar-refractivity contribution in [3.63, 3.8) is 0 Å². The molecule has 0 aromatic heterocycles. The number of carbonyl (C=O) groups excluding carboxylic acids is 1. The first-order valence-electron chi connectivity index (χ1n) is 4.63. The number of nitrogens with one attached hydrogen (secondary N) is 1. The molecule has 1 aromatic carbocycles. The summed E-state index contributed by atoms with van der Waals surface area (Å²) in [5, 5.41) is 2.85. The summed E-state index contributed by atoms with van der Waals surface area (Å²) in [5.74, 6) is 0.744. The second-order valence-electron chi connectivity index (χ2n) is 4.12. The highest BCUT2D eigenvalue weighted by atomic mass is 16.5. The lowest BCUT2D eigenvalue weighted by atomic mass is 9.94. The molecule has 1 aromatic rings. The summed E-state index contributed by atoms with van der Waals surface area (Å²) in [4.78, 5) is 11.7. The van der Waals surface area contributed by atoms with Crippen LogP contribution in [0, 0.1) is 5.41 Å². The molecule has 3 heteroatoms. The predicted octanol–water partition coefficient (Wildman–Crippen LogP) is 2.04. The van der Waals surface area contributed by atoms with Gasteiger partial charge in [-0.2, -0.15) is 0 Å². The third kappa shape index (κ3) is 1.45. The van der Waals surface area contributed by atoms with Crippen molar-refractivity contribution >= 4 is 11.6 Å². The van der Waals surface area contributed by atoms with Gasteiger partial charge in [0.05, 0.1) is 11.1 Å². The van der Waals surface area contributed by atoms with Crippen molar-refractivity contribution in [1.29, 1.82) is 0 Å². The van der Waals surface area contributed by atoms with E-state index in [4.69, 9.17) is 4.74 Å². The molecule has 2 rings (SSSR count). The van der Waals surface area contributed by atoms with Gasteiger partial charge in [0.1, 0.15) is 12.4 Å². The summed E-state index contributed by atoms with van der Waals surface area (Å²) in [5.41, 5.74) is 0.280. The zero-order valence-electron chi connectivity index (χ0n) is 8.33. The van der Waals surface area contributed by atoms with Gasteiger partial charge < -0.3 is 10.1 Å². The van der Waals surface area contributed by atoms with E-state index < -0.39 is 5.41 Å². The van der Waals surface area contributed by atoms with E-state index in [2.05, 4.69) is 5.32 Å². The van der Waals surface area contributed by atoms with Crippen molar-refractivity contribution in [2.75, 3.05) is 11.9 Å². The molecular formula is C11H13NO2. The van der Waals surface area contributed by atoms with E-state index in [9.17, 15) is 4.79 Å². The minimum atomic E-state index is -0.473. The van der Waals surface area contributed by atoms with Gasteiger partial charge in [-0.25, -0.2) is 0 Å². The maximum absolute atomic E-state index is 11.7. The highest BCUT2D eigenvalue weighted by molar-refractivity contribution is 5.96. The molecule has 1 aliphatic heterocycles. The normalized spacial score (nSPS) is 18.9. The summed E-state index contributed by atoms with van der Waals surface area (Å²) in [6.07, 6.45) is 0. The quantitative estimate of drug-likeness (QED) is 0.681. The molecule has 0 spiro atoms. The minimum Gasteiger partial charge on any atom is -0.490 e. The number of hydrogen-bond donors (Lipinski definition) is 1. The first kappa shape index (κ1) is 9.06. The Balaban J connectivity index is 2.38. The number of amides is 1. The number of carbonyl (C=O) groups is 1. The average Bonchev–Trinajstić information content (AvgIpc) is 2.26. The van der Waals surface area contributed by atoms with E-state index in [0.717, 1.165) is 11.4 Å². The third-order valence-electron chi connectivity index (χ3n) is 2.34. The first-order chi connectivity index (χ1) is 6.59. The maximum Gasteiger partial charge on any atom is 0.233 e. The van der Waals surface area contributed by atoms with Gasteiger partial charge in [-0.1, -0.05) is 12.1 Å². The smallest absolute Gasteiger partial charge is 0.233 e. The largest absolute Gasteiger partial charge is 0.490 e. The summed E-state index contributed by atoms with van der Waals surface area (Å²) < 4.78 is 5.55. The van der Waals surface area contributed by atoms with Gasteiger partial charge >= 0.3 is 0 Å². The van der Waals surface area contributed by atoms with E-state index in [0.29, 0.717) is 6.61 Å². The number of ether oxygens (including phenoxy) is 1. The Hall–Kier alpha value is -1.51. The standard InChI is InChI=1S/C11H13NO2/c1-11(2)7-14-9-6-4-3-5-8(9)12-10(11)13/h3-6H,7H2,1-2H3,(H,12,13). The Bertz CT molecular complexity index is 371. The molecule has 0 fully saturated rings. The van der Waals surface area contributed by atoms with Crippen LogP contribution in [-0.4, -0.2) is 12.5 Å². The molecule has 1 amide bonds. The molecule has 74 valence electrons. The van der Waals surface area contributed by atoms with Crippen LogP contribution in [0.1, 0.15) is 13.8 Å². The number of rotatable bonds is 0. The molecule has 0 aliphatic carbocycles. The summed E-state index contributed by atoms with van der Waals surface area (Å²) in [6.45, 7) is 4.15. The molecule has 0 saturated heterocycles. The molecule has 0 radical (unpaired) electrons. The molecule has 1 heterocycles. The van der Waals surface area contributed by atoms with Gasteiger partial charge in [-0.05, 0) is 26.0 Å². The van der Waals surface area contributed by atoms with Crippen LogP contribution in [0.3, 0.4) is 0 Å². The lowest BCUT2D eigenvalue weighted by molar-refractivity contribution is -0.124. The fourth-order valence-corrected chi connectivity index (χ4v) is 1.31. The second-order valence-corrected chi connectivity index (χ2v) is 4.12. The molecule has 14 heavy (non-hydrogen) atoms. The van der Waals surface area contributed by atoms with Crippen molar-refractivity contribution in [3.8, 4) is 5.75 Å². The monoisotopic (exact) mass is 191 g/mol. The van der Waals surface area contributed by atoms with E-state index in [1.807, 2.05) is 38.1 Å². The van der Waals surface area contributed by atoms with E-state index >= 15 is 0 Å². The van der Waals surface area contributed by atoms with Crippen LogP contribution in [0.4, 0.5) is 5.69 Å². The number of fused-ring (bicyclic) bond motifs is 1. The fraction of sp³-hybridized carbons (Fsp3) is 0.364. The van der Waals surface area contributed by atoms with Gasteiger partial charge in [0, 0.05) is 0 Å². The number of hydrogen-bond acceptors (Lipinski definition) is 2. The van der Waals surface area contributed by atoms with E-state index in [1.165, 1.54) is 0 Å². The Morgan fingerprint density at radius 1 is 1.36 bits per heavy atom. The van der Waals surface area contributed by atoms with Gasteiger partial charge in [0.2, 0.25) is 5.91 Å². The fourth-order valence-electron chi connectivity index (χ4n) is 1.31. The topological polar surface area (TPSA) is 38.3 Å². The molecule has 0 unspecified atom stereocenters. The van der Waals surface area contributed by atoms with Crippen LogP contribution < -0.4 is 10.1 Å². The molecule has 1 aliphatic rings. The molecule has 0 atom stereocenters. The van der Waals surface area contributed by atoms with Gasteiger partial charge in [-0.3, -0.25) is 4.79 Å². The Morgan fingerprint density at radius 3 is 2.86 bits per heavy atom. The van der Waals surface area contributed by atoms with Crippen LogP contribution in [0.5, 0.6) is 5.75 Å². The Kier molecular flexibility index (Phi) is 1.95. The third-order valence-corrected chi connectivity index (χ3v) is 2.34. The van der Waals surface area contributed by atoms with Gasteiger partial charge in [0.25, 0.3) is 0 Å². The number of anilines is 1. The average molecular weight is 191 g/mol. The van der Waals surface area contributed by atoms with Crippen LogP contribution >= 0.6 is 0 Å². The van der Waals surface area contributed by atoms with Crippen LogP contribution in [0.25, 0.3) is 0 Å². The van der Waals surface area contributed by atoms with Crippen molar-refractivity contribution in [2.45, 2.75) is 13.8 Å². The molecule has 3 nitrogen and oxygen atoms in total. The molecule has 0 saturated carbocycles. The second kappa shape index (κ2) is 3.01. The van der Waals surface area contributed by atoms with Crippen molar-refractivity contribution in [1.82, 2.24) is 0 Å². The van der Waals surface area contributed by atoms with Crippen molar-refractivity contribution < 1.29 is 9.53 Å². The summed E-state index contributed by atoms with van der Waals surface area (Å²) in [7, 11) is 0. The van der Waals surface area contributed by atoms with Gasteiger partial charge in [-0.15, -0.1) is 0 Å². The Labute approximate surface area is 83.1 Å². The van der Waals surface area contributed by atoms with Crippen molar-refractivity contribution in [3.05, 3.63) is 24.3 Å². The number of para-hydroxylation sites is 2. The van der Waals surface area contributed by atoms with E-state index in [1.54, 1.807) is 0 Å². The van der Waals surface area contributed by atoms with Crippen LogP contribution in [-0.2, 0) is 4.79 Å². The van der Waals surface area contributed by atoms with E-state index in [-0.39, 0.29) is 5.91 Å². The SMILES string of the molecule is CC1(C)COc2ccccc2NC1=O. The van der Waals surface area contributed by atoms with Gasteiger partial charge in [0.15, 0.2) is 0 Å². The molecular weight excluding hydrogens is 178 g/mol. The highest BCUT2D eigenvalue weighted by Crippen LogP contribution is 2.31. The minimum absolute atomic E-state index is 0.00227. The summed E-state index contributed by atoms with van der Waals surface area (Å²) in [6, 6.07) is 7.47.